The van der Waals surface area contributed by atoms with E-state index >= 15 is 0 Å². The highest BCUT2D eigenvalue weighted by molar-refractivity contribution is 6.44. The Morgan fingerprint density at radius 3 is 2.38 bits per heavy atom. The van der Waals surface area contributed by atoms with Crippen LogP contribution in [0.3, 0.4) is 0 Å². The molecule has 0 heterocycles. The van der Waals surface area contributed by atoms with Crippen LogP contribution in [0, 0.1) is 5.92 Å². The fourth-order valence-corrected chi connectivity index (χ4v) is 1.91. The molecule has 3 heteroatoms. The molecule has 0 amide bonds. The summed E-state index contributed by atoms with van der Waals surface area (Å²) in [6, 6.07) is 0. The smallest absolute Gasteiger partial charge is 0.131 e. The van der Waals surface area contributed by atoms with Crippen LogP contribution in [-0.4, -0.2) is 17.0 Å². The van der Waals surface area contributed by atoms with Gasteiger partial charge in [0.1, 0.15) is 4.84 Å². The van der Waals surface area contributed by atoms with Gasteiger partial charge in [-0.1, -0.05) is 6.92 Å². The number of hydrogen-bond acceptors (Lipinski definition) is 1. The molecule has 0 bridgehead atoms. The summed E-state index contributed by atoms with van der Waals surface area (Å²) >= 11 is 11.3. The van der Waals surface area contributed by atoms with Crippen LogP contribution in [0.25, 0.3) is 0 Å². The van der Waals surface area contributed by atoms with Gasteiger partial charge in [-0.3, -0.25) is 0 Å². The molecule has 0 N–H and O–H groups in total. The molecule has 0 saturated heterocycles. The van der Waals surface area contributed by atoms with E-state index in [-0.39, 0.29) is 5.60 Å². The quantitative estimate of drug-likeness (QED) is 0.664. The second-order valence-electron chi connectivity index (χ2n) is 4.33. The van der Waals surface area contributed by atoms with E-state index in [0.717, 1.165) is 18.8 Å². The highest BCUT2D eigenvalue weighted by Crippen LogP contribution is 2.34. The molecule has 78 valence electrons. The first-order valence-electron chi connectivity index (χ1n) is 4.94. The molecule has 1 fully saturated rings. The van der Waals surface area contributed by atoms with Gasteiger partial charge in [0, 0.05) is 0 Å². The van der Waals surface area contributed by atoms with Crippen LogP contribution >= 0.6 is 23.2 Å². The van der Waals surface area contributed by atoms with Crippen molar-refractivity contribution in [3.8, 4) is 0 Å². The van der Waals surface area contributed by atoms with Crippen LogP contribution in [-0.2, 0) is 4.74 Å². The molecule has 0 atom stereocenters. The van der Waals surface area contributed by atoms with Crippen molar-refractivity contribution in [1.29, 1.82) is 0 Å². The summed E-state index contributed by atoms with van der Waals surface area (Å²) in [6.07, 6.45) is 4.78. The van der Waals surface area contributed by atoms with Crippen molar-refractivity contribution in [3.63, 3.8) is 0 Å². The topological polar surface area (TPSA) is 9.23 Å². The molecule has 0 aromatic rings. The van der Waals surface area contributed by atoms with Gasteiger partial charge in [0.05, 0.1) is 12.2 Å². The second kappa shape index (κ2) is 4.86. The van der Waals surface area contributed by atoms with Crippen molar-refractivity contribution in [3.05, 3.63) is 0 Å². The molecule has 0 aromatic heterocycles. The summed E-state index contributed by atoms with van der Waals surface area (Å²) in [4.78, 5) is -0.392. The van der Waals surface area contributed by atoms with Crippen molar-refractivity contribution < 1.29 is 4.74 Å². The number of halogens is 2. The van der Waals surface area contributed by atoms with Crippen molar-refractivity contribution in [2.75, 3.05) is 6.61 Å². The van der Waals surface area contributed by atoms with Crippen LogP contribution in [0.4, 0.5) is 0 Å². The zero-order valence-electron chi connectivity index (χ0n) is 8.35. The normalized spacial score (nSPS) is 35.3. The van der Waals surface area contributed by atoms with E-state index in [9.17, 15) is 0 Å². The molecule has 1 aliphatic carbocycles. The first-order chi connectivity index (χ1) is 6.02. The van der Waals surface area contributed by atoms with Crippen LogP contribution in [0.15, 0.2) is 0 Å². The molecule has 0 unspecified atom stereocenters. The Labute approximate surface area is 90.7 Å². The lowest BCUT2D eigenvalue weighted by molar-refractivity contribution is -0.0588. The largest absolute Gasteiger partial charge is 0.372 e. The Bertz CT molecular complexity index is 151. The summed E-state index contributed by atoms with van der Waals surface area (Å²) in [5.74, 6) is 0.847. The van der Waals surface area contributed by atoms with E-state index in [0.29, 0.717) is 6.61 Å². The van der Waals surface area contributed by atoms with E-state index in [1.807, 2.05) is 0 Å². The summed E-state index contributed by atoms with van der Waals surface area (Å²) in [6.45, 7) is 4.91. The molecule has 0 spiro atoms. The summed E-state index contributed by atoms with van der Waals surface area (Å²) in [7, 11) is 0. The fraction of sp³-hybridized carbons (Fsp3) is 1.00. The third kappa shape index (κ3) is 4.05. The Morgan fingerprint density at radius 1 is 1.38 bits per heavy atom. The number of alkyl halides is 2. The maximum Gasteiger partial charge on any atom is 0.131 e. The van der Waals surface area contributed by atoms with Crippen LogP contribution in [0.2, 0.25) is 0 Å². The lowest BCUT2D eigenvalue weighted by Crippen LogP contribution is -2.34. The zero-order valence-corrected chi connectivity index (χ0v) is 9.87. The van der Waals surface area contributed by atoms with E-state index in [1.165, 1.54) is 12.8 Å². The molecule has 13 heavy (non-hydrogen) atoms. The predicted molar refractivity (Wildman–Crippen MR) is 57.5 cm³/mol. The zero-order chi connectivity index (χ0) is 9.90. The van der Waals surface area contributed by atoms with Crippen molar-refractivity contribution >= 4 is 23.2 Å². The molecule has 0 aromatic carbocycles. The Hall–Kier alpha value is 0.540. The van der Waals surface area contributed by atoms with Gasteiger partial charge >= 0.3 is 0 Å². The predicted octanol–water partition coefficient (Wildman–Crippen LogP) is 3.78. The second-order valence-corrected chi connectivity index (χ2v) is 5.61. The van der Waals surface area contributed by atoms with Gasteiger partial charge in [-0.05, 0) is 38.5 Å². The first kappa shape index (κ1) is 11.6. The Morgan fingerprint density at radius 2 is 1.92 bits per heavy atom. The van der Waals surface area contributed by atoms with E-state index in [4.69, 9.17) is 27.9 Å². The van der Waals surface area contributed by atoms with Gasteiger partial charge in [-0.2, -0.15) is 0 Å². The van der Waals surface area contributed by atoms with Crippen LogP contribution in [0.5, 0.6) is 0 Å². The van der Waals surface area contributed by atoms with E-state index in [2.05, 4.69) is 13.8 Å². The number of rotatable bonds is 3. The van der Waals surface area contributed by atoms with E-state index in [1.54, 1.807) is 0 Å². The molecule has 1 aliphatic rings. The number of ether oxygens (including phenoxy) is 1. The van der Waals surface area contributed by atoms with Crippen molar-refractivity contribution in [2.45, 2.75) is 50.0 Å². The average Bonchev–Trinajstić information content (AvgIpc) is 2.08. The summed E-state index contributed by atoms with van der Waals surface area (Å²) in [5.41, 5.74) is 0.0224. The van der Waals surface area contributed by atoms with Crippen LogP contribution < -0.4 is 0 Å². The lowest BCUT2D eigenvalue weighted by atomic mass is 9.81. The Balaban J connectivity index is 2.30. The van der Waals surface area contributed by atoms with Crippen molar-refractivity contribution in [2.24, 2.45) is 5.92 Å². The maximum absolute atomic E-state index is 5.72. The van der Waals surface area contributed by atoms with Gasteiger partial charge in [-0.25, -0.2) is 0 Å². The molecule has 1 saturated carbocycles. The highest BCUT2D eigenvalue weighted by Gasteiger charge is 2.30. The fourth-order valence-electron chi connectivity index (χ4n) is 1.78. The molecule has 1 rings (SSSR count). The van der Waals surface area contributed by atoms with Gasteiger partial charge in [0.2, 0.25) is 0 Å². The summed E-state index contributed by atoms with van der Waals surface area (Å²) in [5, 5.41) is 0. The maximum atomic E-state index is 5.72. The molecular formula is C10H18Cl2O. The van der Waals surface area contributed by atoms with Crippen LogP contribution in [0.1, 0.15) is 39.5 Å². The van der Waals surface area contributed by atoms with Gasteiger partial charge in [-0.15, -0.1) is 23.2 Å². The SMILES string of the molecule is CC1CCC(C)(OCC(Cl)Cl)CC1. The van der Waals surface area contributed by atoms with Gasteiger partial charge < -0.3 is 4.74 Å². The molecular weight excluding hydrogens is 207 g/mol. The van der Waals surface area contributed by atoms with Gasteiger partial charge in [0.15, 0.2) is 0 Å². The van der Waals surface area contributed by atoms with Gasteiger partial charge in [0.25, 0.3) is 0 Å². The number of hydrogen-bond donors (Lipinski definition) is 0. The van der Waals surface area contributed by atoms with Crippen molar-refractivity contribution in [1.82, 2.24) is 0 Å². The molecule has 0 aliphatic heterocycles. The monoisotopic (exact) mass is 224 g/mol. The standard InChI is InChI=1S/C10H18Cl2O/c1-8-3-5-10(2,6-4-8)13-7-9(11)12/h8-9H,3-7H2,1-2H3. The minimum Gasteiger partial charge on any atom is -0.372 e. The van der Waals surface area contributed by atoms with E-state index < -0.39 is 4.84 Å². The highest BCUT2D eigenvalue weighted by atomic mass is 35.5. The minimum atomic E-state index is -0.392. The minimum absolute atomic E-state index is 0.0224. The lowest BCUT2D eigenvalue weighted by Gasteiger charge is -2.36. The Kier molecular flexibility index (Phi) is 4.34. The third-order valence-electron chi connectivity index (χ3n) is 2.89. The summed E-state index contributed by atoms with van der Waals surface area (Å²) < 4.78 is 5.72. The molecule has 1 nitrogen and oxygen atoms in total. The molecule has 0 radical (unpaired) electrons. The first-order valence-corrected chi connectivity index (χ1v) is 5.81. The third-order valence-corrected chi connectivity index (χ3v) is 3.14. The average molecular weight is 225 g/mol.